The first kappa shape index (κ1) is 115. The number of hydrogen-bond donors (Lipinski definition) is 5. The lowest BCUT2D eigenvalue weighted by Crippen LogP contribution is -2.50. The number of allylic oxidation sites excluding steroid dienone is 11. The maximum absolute atomic E-state index is 11.9. The fourth-order valence-corrected chi connectivity index (χ4v) is 44.2. The summed E-state index contributed by atoms with van der Waals surface area (Å²) in [7, 11) is 0. The van der Waals surface area contributed by atoms with Crippen LogP contribution in [0.3, 0.4) is 0 Å². The Morgan fingerprint density at radius 2 is 0.480 bits per heavy atom. The van der Waals surface area contributed by atoms with Gasteiger partial charge in [0, 0.05) is 19.3 Å². The van der Waals surface area contributed by atoms with Crippen molar-refractivity contribution in [3.63, 3.8) is 0 Å². The topological polar surface area (TPSA) is 152 Å². The van der Waals surface area contributed by atoms with Crippen LogP contribution in [0.15, 0.2) is 119 Å². The van der Waals surface area contributed by atoms with Crippen molar-refractivity contribution in [1.29, 1.82) is 0 Å². The van der Waals surface area contributed by atoms with Gasteiger partial charge in [-0.25, -0.2) is 0 Å². The van der Waals surface area contributed by atoms with E-state index in [2.05, 4.69) is 166 Å². The number of carbonyl (C=O) groups is 3. The predicted molar refractivity (Wildman–Crippen MR) is 617 cm³/mol. The molecule has 38 atom stereocenters. The van der Waals surface area contributed by atoms with Gasteiger partial charge in [0.05, 0.1) is 30.5 Å². The van der Waals surface area contributed by atoms with E-state index < -0.39 is 0 Å². The second kappa shape index (κ2) is 45.2. The van der Waals surface area contributed by atoms with Crippen LogP contribution in [0.1, 0.15) is 517 Å². The Morgan fingerprint density at radius 3 is 0.784 bits per heavy atom. The molecule has 0 heterocycles. The molecule has 0 radical (unpaired) electrons. The first-order valence-electron chi connectivity index (χ1n) is 63.5. The van der Waals surface area contributed by atoms with Crippen LogP contribution in [0, 0.1) is 189 Å². The Bertz CT molecular complexity index is 4820. The van der Waals surface area contributed by atoms with Crippen LogP contribution in [-0.4, -0.2) is 73.4 Å². The molecule has 18 fully saturated rings. The van der Waals surface area contributed by atoms with Crippen LogP contribution < -0.4 is 0 Å². The van der Waals surface area contributed by atoms with E-state index >= 15 is 0 Å². The normalized spacial score (nSPS) is 48.9. The molecule has 26 rings (SSSR count). The van der Waals surface area contributed by atoms with E-state index in [4.69, 9.17) is 0 Å². The molecule has 8 nitrogen and oxygen atoms in total. The molecule has 830 valence electrons. The molecule has 0 aromatic rings. The van der Waals surface area contributed by atoms with Gasteiger partial charge in [-0.15, -0.1) is 13.2 Å². The molecule has 0 amide bonds. The van der Waals surface area contributed by atoms with Crippen LogP contribution in [0.4, 0.5) is 0 Å². The average molecular weight is 2030 g/mol. The van der Waals surface area contributed by atoms with E-state index in [1.54, 1.807) is 16.7 Å². The number of carbonyl (C=O) groups excluding carboxylic acids is 3. The molecule has 26 aliphatic carbocycles. The largest absolute Gasteiger partial charge is 0.389 e. The molecular formula is C140H222O8. The molecule has 0 saturated heterocycles. The molecule has 148 heavy (non-hydrogen) atoms. The Hall–Kier alpha value is -3.79. The maximum atomic E-state index is 11.9. The number of aliphatic hydroxyl groups excluding tert-OH is 5. The van der Waals surface area contributed by atoms with Crippen LogP contribution in [0.5, 0.6) is 0 Å². The summed E-state index contributed by atoms with van der Waals surface area (Å²) in [4.78, 5) is 34.9. The van der Waals surface area contributed by atoms with Crippen LogP contribution in [-0.2, 0) is 14.4 Å². The first-order valence-corrected chi connectivity index (χ1v) is 63.5. The Morgan fingerprint density at radius 1 is 0.236 bits per heavy atom. The molecule has 15 unspecified atom stereocenters. The molecule has 18 saturated carbocycles. The van der Waals surface area contributed by atoms with E-state index in [9.17, 15) is 39.9 Å². The fourth-order valence-electron chi connectivity index (χ4n) is 44.2. The van der Waals surface area contributed by atoms with Crippen LogP contribution >= 0.6 is 0 Å². The minimum atomic E-state index is -0.176. The van der Waals surface area contributed by atoms with Gasteiger partial charge in [-0.05, 0) is 541 Å². The summed E-state index contributed by atoms with van der Waals surface area (Å²) in [6, 6.07) is 0. The molecular weight excluding hydrogens is 1810 g/mol. The predicted octanol–water partition coefficient (Wildman–Crippen LogP) is 36.1. The van der Waals surface area contributed by atoms with Gasteiger partial charge in [0.2, 0.25) is 0 Å². The van der Waals surface area contributed by atoms with Crippen molar-refractivity contribution < 1.29 is 39.9 Å². The van der Waals surface area contributed by atoms with Gasteiger partial charge in [0.25, 0.3) is 0 Å². The van der Waals surface area contributed by atoms with Gasteiger partial charge >= 0.3 is 0 Å². The molecule has 0 spiro atoms. The van der Waals surface area contributed by atoms with Gasteiger partial charge in [0.15, 0.2) is 17.3 Å². The summed E-state index contributed by atoms with van der Waals surface area (Å²) in [6.45, 7) is 48.1. The number of fused-ring (bicyclic) bond motifs is 28. The first-order chi connectivity index (χ1) is 69.6. The fraction of sp³-hybridized carbons (Fsp3) is 0.836. The molecule has 8 heteroatoms. The molecule has 26 aliphatic rings. The summed E-state index contributed by atoms with van der Waals surface area (Å²) in [5.41, 5.74) is 18.4. The smallest absolute Gasteiger partial charge is 0.155 e. The SMILES string of the molecule is C.C.C=C[C@H]1CCC2C3CCC4=CC(=O)CC[C@]4(C)C3CC[C@@]21C.C=C[C@H]1CCC2C3CCC4=C[C@H](O)CC[C@]4(C)C3CC[C@@]21C.CC[C@H]1CCC2C3CCC4=CC(=O)CC[C@]4(C)C3CC[C@@]21C.CC[C@H]1CCC2C3CCC4=C[C@@H](O)CC[C@]4(C)C3CC[C@@]21C.CC[C@H]1CCC2C3CCC4=C[C@H](O)CC[C@]4(C)C3CC[C@@]21C.C[C@@]12CCCCC1=CC(=O)CC2.C[C@@]12CCCCC1=C[C@H](O)CC2.C[C@@]12CCCCC1=C[C@H](O)CC2. The van der Waals surface area contributed by atoms with E-state index in [-0.39, 0.29) is 45.4 Å². The van der Waals surface area contributed by atoms with Crippen molar-refractivity contribution in [2.75, 3.05) is 0 Å². The van der Waals surface area contributed by atoms with Gasteiger partial charge in [-0.1, -0.05) is 251 Å². The molecule has 0 bridgehead atoms. The summed E-state index contributed by atoms with van der Waals surface area (Å²) in [5.74, 6) is 19.3. The van der Waals surface area contributed by atoms with Crippen LogP contribution in [0.2, 0.25) is 0 Å². The van der Waals surface area contributed by atoms with Gasteiger partial charge in [-0.3, -0.25) is 14.4 Å². The number of ketones is 3. The second-order valence-electron chi connectivity index (χ2n) is 59.5. The van der Waals surface area contributed by atoms with E-state index in [1.165, 1.54) is 349 Å². The Kier molecular flexibility index (Phi) is 35.2. The lowest BCUT2D eigenvalue weighted by Gasteiger charge is -2.58. The number of aliphatic hydroxyl groups is 5. The lowest BCUT2D eigenvalue weighted by atomic mass is 9.46. The van der Waals surface area contributed by atoms with E-state index in [1.807, 2.05) is 18.2 Å². The highest BCUT2D eigenvalue weighted by molar-refractivity contribution is 5.92. The van der Waals surface area contributed by atoms with E-state index in [0.717, 1.165) is 189 Å². The van der Waals surface area contributed by atoms with Crippen molar-refractivity contribution in [2.24, 2.45) is 189 Å². The number of hydrogen-bond acceptors (Lipinski definition) is 8. The zero-order chi connectivity index (χ0) is 103. The quantitative estimate of drug-likeness (QED) is 0.171. The molecule has 0 aliphatic heterocycles. The lowest BCUT2D eigenvalue weighted by molar-refractivity contribution is -0.118. The monoisotopic (exact) mass is 2030 g/mol. The third kappa shape index (κ3) is 20.9. The summed E-state index contributed by atoms with van der Waals surface area (Å²) in [6.07, 6.45) is 98.6. The number of rotatable bonds is 5. The highest BCUT2D eigenvalue weighted by Gasteiger charge is 2.66. The van der Waals surface area contributed by atoms with Gasteiger partial charge in [-0.2, -0.15) is 0 Å². The second-order valence-corrected chi connectivity index (χ2v) is 59.5. The zero-order valence-corrected chi connectivity index (χ0v) is 96.2. The van der Waals surface area contributed by atoms with Crippen molar-refractivity contribution in [3.05, 3.63) is 119 Å². The summed E-state index contributed by atoms with van der Waals surface area (Å²) < 4.78 is 0. The third-order valence-electron chi connectivity index (χ3n) is 53.6. The molecule has 0 aromatic carbocycles. The van der Waals surface area contributed by atoms with Crippen molar-refractivity contribution in [2.45, 2.75) is 548 Å². The van der Waals surface area contributed by atoms with E-state index in [0.29, 0.717) is 87.7 Å². The third-order valence-corrected chi connectivity index (χ3v) is 53.6. The van der Waals surface area contributed by atoms with Crippen molar-refractivity contribution in [3.8, 4) is 0 Å². The summed E-state index contributed by atoms with van der Waals surface area (Å²) in [5, 5.41) is 49.1. The van der Waals surface area contributed by atoms with Crippen molar-refractivity contribution in [1.82, 2.24) is 0 Å². The van der Waals surface area contributed by atoms with Crippen molar-refractivity contribution >= 4 is 17.3 Å². The van der Waals surface area contributed by atoms with Crippen LogP contribution in [0.25, 0.3) is 0 Å². The van der Waals surface area contributed by atoms with Gasteiger partial charge < -0.3 is 25.5 Å². The zero-order valence-electron chi connectivity index (χ0n) is 96.2. The minimum absolute atomic E-state index is 0. The highest BCUT2D eigenvalue weighted by Crippen LogP contribution is 2.75. The Labute approximate surface area is 906 Å². The van der Waals surface area contributed by atoms with Gasteiger partial charge in [0.1, 0.15) is 0 Å². The highest BCUT2D eigenvalue weighted by atomic mass is 16.3. The summed E-state index contributed by atoms with van der Waals surface area (Å²) >= 11 is 0. The molecule has 5 N–H and O–H groups in total. The Balaban J connectivity index is 0.000000117. The molecule has 0 aromatic heterocycles. The minimum Gasteiger partial charge on any atom is -0.389 e. The maximum Gasteiger partial charge on any atom is 0.155 e. The standard InChI is InChI=1S/2C21H34O.2C21H32O.C21H30O.2C11H18O.C11H16O.2CH4/c5*1-4-14-6-8-18-17-7-5-15-13-16(22)9-11-21(15,3)19(17)10-12-20(14,18)2;3*1-11-6-3-2-4-9(11)8-10(12)5-7-11;;/h2*13-14,16-19,22H,4-12H2,1-3H3;13-14,17-19H,4-12H2,1-3H3;4,13-14,16-19,22H,1,5-12H2,2-3H3;4,13-14,17-19H,1,5-12H2,2-3H3;2*8,10,12H,2-7H2,1H3;8H,2-7H2,1H3;2*1H4/t14-,16+,17?,18?,19?,20+,21-;14-,16-,17?,18?,19?,20+,21-;14-,17?,18?,19?,20+,21-;14-,16+,17?,18?,19?,20+,21-;14-,17?,18?,19?,20+,21-;2*10-,11+;11-;;/m00000110../s1. The average Bonchev–Trinajstić information content (AvgIpc) is 1.57.